The fraction of sp³-hybridized carbons (Fsp3) is 0.667. The molecule has 1 aromatic heterocycles. The Morgan fingerprint density at radius 3 is 2.78 bits per heavy atom. The summed E-state index contributed by atoms with van der Waals surface area (Å²) in [6.07, 6.45) is 7.82. The predicted molar refractivity (Wildman–Crippen MR) is 90.6 cm³/mol. The minimum absolute atomic E-state index is 0.0542. The van der Waals surface area contributed by atoms with Crippen molar-refractivity contribution in [2.24, 2.45) is 5.41 Å². The van der Waals surface area contributed by atoms with Gasteiger partial charge in [-0.2, -0.15) is 0 Å². The molecular formula is C18H27N3O2. The van der Waals surface area contributed by atoms with Gasteiger partial charge in [0.1, 0.15) is 5.82 Å². The molecule has 0 aromatic carbocycles. The van der Waals surface area contributed by atoms with Gasteiger partial charge in [-0.05, 0) is 44.7 Å². The lowest BCUT2D eigenvalue weighted by Gasteiger charge is -2.61. The van der Waals surface area contributed by atoms with E-state index < -0.39 is 0 Å². The van der Waals surface area contributed by atoms with E-state index in [0.717, 1.165) is 25.3 Å². The summed E-state index contributed by atoms with van der Waals surface area (Å²) in [5.41, 5.74) is 0.928. The van der Waals surface area contributed by atoms with Crippen LogP contribution in [0.4, 0.5) is 5.82 Å². The summed E-state index contributed by atoms with van der Waals surface area (Å²) in [5, 5.41) is 6.41. The number of nitrogens with zero attached hydrogens (tertiary/aromatic N) is 1. The molecule has 1 aromatic rings. The molecule has 1 heterocycles. The first-order chi connectivity index (χ1) is 11.2. The Labute approximate surface area is 138 Å². The fourth-order valence-corrected chi connectivity index (χ4v) is 3.77. The van der Waals surface area contributed by atoms with Crippen molar-refractivity contribution in [2.75, 3.05) is 18.5 Å². The second-order valence-electron chi connectivity index (χ2n) is 6.65. The first-order valence-corrected chi connectivity index (χ1v) is 8.82. The third-order valence-electron chi connectivity index (χ3n) is 5.32. The van der Waals surface area contributed by atoms with E-state index in [-0.39, 0.29) is 5.91 Å². The van der Waals surface area contributed by atoms with Crippen molar-refractivity contribution in [3.05, 3.63) is 23.9 Å². The predicted octanol–water partition coefficient (Wildman–Crippen LogP) is 2.98. The monoisotopic (exact) mass is 317 g/mol. The van der Waals surface area contributed by atoms with E-state index in [1.165, 1.54) is 19.3 Å². The molecule has 23 heavy (non-hydrogen) atoms. The molecule has 2 saturated carbocycles. The summed E-state index contributed by atoms with van der Waals surface area (Å²) in [6, 6.07) is 4.19. The quantitative estimate of drug-likeness (QED) is 0.811. The smallest absolute Gasteiger partial charge is 0.252 e. The topological polar surface area (TPSA) is 63.2 Å². The van der Waals surface area contributed by atoms with Crippen LogP contribution >= 0.6 is 0 Å². The summed E-state index contributed by atoms with van der Waals surface area (Å²) in [4.78, 5) is 16.3. The number of hydrogen-bond acceptors (Lipinski definition) is 4. The minimum atomic E-state index is -0.0542. The van der Waals surface area contributed by atoms with Crippen LogP contribution in [-0.4, -0.2) is 36.2 Å². The molecule has 0 bridgehead atoms. The minimum Gasteiger partial charge on any atom is -0.378 e. The Hall–Kier alpha value is -1.62. The molecule has 0 saturated heterocycles. The average molecular weight is 317 g/mol. The Morgan fingerprint density at radius 1 is 1.39 bits per heavy atom. The summed E-state index contributed by atoms with van der Waals surface area (Å²) >= 11 is 0. The highest BCUT2D eigenvalue weighted by atomic mass is 16.5. The van der Waals surface area contributed by atoms with E-state index >= 15 is 0 Å². The Kier molecular flexibility index (Phi) is 4.85. The first-order valence-electron chi connectivity index (χ1n) is 8.82. The molecular weight excluding hydrogens is 290 g/mol. The van der Waals surface area contributed by atoms with Crippen LogP contribution in [0.5, 0.6) is 0 Å². The summed E-state index contributed by atoms with van der Waals surface area (Å²) in [5.74, 6) is 0.796. The number of nitrogens with one attached hydrogen (secondary N) is 2. The maximum absolute atomic E-state index is 11.9. The van der Waals surface area contributed by atoms with E-state index in [1.54, 1.807) is 6.20 Å². The lowest BCUT2D eigenvalue weighted by molar-refractivity contribution is -0.157. The second-order valence-corrected chi connectivity index (χ2v) is 6.65. The third kappa shape index (κ3) is 3.07. The van der Waals surface area contributed by atoms with E-state index in [0.29, 0.717) is 29.7 Å². The second kappa shape index (κ2) is 6.87. The van der Waals surface area contributed by atoms with Gasteiger partial charge in [0.25, 0.3) is 5.91 Å². The van der Waals surface area contributed by atoms with Crippen LogP contribution < -0.4 is 10.6 Å². The number of amides is 1. The van der Waals surface area contributed by atoms with E-state index in [4.69, 9.17) is 4.74 Å². The van der Waals surface area contributed by atoms with Crippen LogP contribution in [0.2, 0.25) is 0 Å². The van der Waals surface area contributed by atoms with Gasteiger partial charge in [0, 0.05) is 30.8 Å². The maximum atomic E-state index is 11.9. The van der Waals surface area contributed by atoms with Crippen molar-refractivity contribution >= 4 is 11.7 Å². The number of hydrogen-bond donors (Lipinski definition) is 2. The molecule has 2 atom stereocenters. The largest absolute Gasteiger partial charge is 0.378 e. The Morgan fingerprint density at radius 2 is 2.22 bits per heavy atom. The van der Waals surface area contributed by atoms with E-state index in [1.807, 2.05) is 19.1 Å². The van der Waals surface area contributed by atoms with Crippen molar-refractivity contribution < 1.29 is 9.53 Å². The number of carbonyl (C=O) groups excluding carboxylic acids is 1. The van der Waals surface area contributed by atoms with E-state index in [2.05, 4.69) is 22.5 Å². The lowest BCUT2D eigenvalue weighted by atomic mass is 9.51. The number of ether oxygens (including phenoxy) is 1. The number of aromatic nitrogens is 1. The summed E-state index contributed by atoms with van der Waals surface area (Å²) < 4.78 is 5.88. The van der Waals surface area contributed by atoms with Crippen LogP contribution in [0.15, 0.2) is 18.3 Å². The van der Waals surface area contributed by atoms with Crippen LogP contribution in [0.3, 0.4) is 0 Å². The molecule has 2 aliphatic rings. The standard InChI is InChI=1S/C18H27N3O2/c1-3-10-19-17(22)13-6-7-16(20-12-13)21-14-11-15(23-4-2)18(14)8-5-9-18/h6-7,12,14-15H,3-5,8-11H2,1-2H3,(H,19,22)(H,20,21). The Balaban J connectivity index is 1.58. The van der Waals surface area contributed by atoms with Gasteiger partial charge >= 0.3 is 0 Å². The van der Waals surface area contributed by atoms with Gasteiger partial charge in [-0.15, -0.1) is 0 Å². The average Bonchev–Trinajstić information content (AvgIpc) is 2.50. The number of anilines is 1. The molecule has 126 valence electrons. The van der Waals surface area contributed by atoms with E-state index in [9.17, 15) is 4.79 Å². The fourth-order valence-electron chi connectivity index (χ4n) is 3.77. The molecule has 5 heteroatoms. The van der Waals surface area contributed by atoms with Gasteiger partial charge in [0.15, 0.2) is 0 Å². The normalized spacial score (nSPS) is 24.6. The molecule has 1 spiro atoms. The van der Waals surface area contributed by atoms with Crippen LogP contribution in [0.1, 0.15) is 56.3 Å². The van der Waals surface area contributed by atoms with Crippen LogP contribution in [0, 0.1) is 5.41 Å². The van der Waals surface area contributed by atoms with Gasteiger partial charge in [-0.1, -0.05) is 13.3 Å². The number of carbonyl (C=O) groups is 1. The molecule has 0 aliphatic heterocycles. The molecule has 2 fully saturated rings. The highest BCUT2D eigenvalue weighted by Crippen LogP contribution is 2.58. The van der Waals surface area contributed by atoms with Gasteiger partial charge < -0.3 is 15.4 Å². The van der Waals surface area contributed by atoms with Crippen molar-refractivity contribution in [3.63, 3.8) is 0 Å². The van der Waals surface area contributed by atoms with Crippen molar-refractivity contribution in [1.82, 2.24) is 10.3 Å². The molecule has 2 N–H and O–H groups in total. The van der Waals surface area contributed by atoms with Gasteiger partial charge in [-0.3, -0.25) is 4.79 Å². The highest BCUT2D eigenvalue weighted by molar-refractivity contribution is 5.94. The molecule has 5 nitrogen and oxygen atoms in total. The third-order valence-corrected chi connectivity index (χ3v) is 5.32. The first kappa shape index (κ1) is 16.2. The molecule has 2 aliphatic carbocycles. The van der Waals surface area contributed by atoms with Crippen molar-refractivity contribution in [1.29, 1.82) is 0 Å². The molecule has 0 radical (unpaired) electrons. The van der Waals surface area contributed by atoms with Crippen LogP contribution in [-0.2, 0) is 4.74 Å². The SMILES string of the molecule is CCCNC(=O)c1ccc(NC2CC(OCC)C23CCC3)nc1. The van der Waals surface area contributed by atoms with Crippen molar-refractivity contribution in [3.8, 4) is 0 Å². The zero-order valence-corrected chi connectivity index (χ0v) is 14.1. The lowest BCUT2D eigenvalue weighted by Crippen LogP contribution is -2.64. The zero-order chi connectivity index (χ0) is 16.3. The Bertz CT molecular complexity index is 540. The molecule has 3 rings (SSSR count). The number of rotatable bonds is 7. The highest BCUT2D eigenvalue weighted by Gasteiger charge is 2.58. The zero-order valence-electron chi connectivity index (χ0n) is 14.1. The molecule has 2 unspecified atom stereocenters. The van der Waals surface area contributed by atoms with Crippen molar-refractivity contribution in [2.45, 2.75) is 58.1 Å². The van der Waals surface area contributed by atoms with Crippen LogP contribution in [0.25, 0.3) is 0 Å². The van der Waals surface area contributed by atoms with Gasteiger partial charge in [0.2, 0.25) is 0 Å². The van der Waals surface area contributed by atoms with Gasteiger partial charge in [0.05, 0.1) is 11.7 Å². The maximum Gasteiger partial charge on any atom is 0.252 e. The molecule has 1 amide bonds. The summed E-state index contributed by atoms with van der Waals surface area (Å²) in [7, 11) is 0. The number of pyridine rings is 1. The summed E-state index contributed by atoms with van der Waals surface area (Å²) in [6.45, 7) is 5.59. The van der Waals surface area contributed by atoms with Gasteiger partial charge in [-0.25, -0.2) is 4.98 Å².